The standard InChI is InChI=1S/C12H8BrClFN3O2/c1-20-8-4-2-3-7(15)9(8)11(19)17-10-6(13)5-16-12(14)18-10/h2-5H,1H3,(H,16,17,18,19). The van der Waals surface area contributed by atoms with Crippen molar-refractivity contribution >= 4 is 39.3 Å². The lowest BCUT2D eigenvalue weighted by Gasteiger charge is -2.10. The molecule has 1 aromatic heterocycles. The third-order valence-corrected chi connectivity index (χ3v) is 3.13. The lowest BCUT2D eigenvalue weighted by Crippen LogP contribution is -2.16. The molecule has 104 valence electrons. The lowest BCUT2D eigenvalue weighted by molar-refractivity contribution is 0.101. The second kappa shape index (κ2) is 6.15. The Morgan fingerprint density at radius 1 is 1.50 bits per heavy atom. The van der Waals surface area contributed by atoms with Crippen molar-refractivity contribution < 1.29 is 13.9 Å². The number of rotatable bonds is 3. The SMILES string of the molecule is COc1cccc(F)c1C(=O)Nc1nc(Cl)ncc1Br. The molecule has 0 aliphatic rings. The minimum atomic E-state index is -0.699. The molecule has 0 radical (unpaired) electrons. The molecule has 1 amide bonds. The Hall–Kier alpha value is -1.73. The molecule has 2 aromatic rings. The van der Waals surface area contributed by atoms with Gasteiger partial charge in [-0.1, -0.05) is 6.07 Å². The number of hydrogen-bond acceptors (Lipinski definition) is 4. The smallest absolute Gasteiger partial charge is 0.263 e. The average Bonchev–Trinajstić information content (AvgIpc) is 2.42. The predicted octanol–water partition coefficient (Wildman–Crippen LogP) is 3.29. The molecule has 1 heterocycles. The van der Waals surface area contributed by atoms with Gasteiger partial charge in [0.2, 0.25) is 5.28 Å². The van der Waals surface area contributed by atoms with E-state index in [1.54, 1.807) is 0 Å². The molecule has 0 saturated carbocycles. The zero-order valence-electron chi connectivity index (χ0n) is 10.2. The fourth-order valence-corrected chi connectivity index (χ4v) is 1.92. The molecule has 5 nitrogen and oxygen atoms in total. The van der Waals surface area contributed by atoms with E-state index < -0.39 is 11.7 Å². The molecule has 20 heavy (non-hydrogen) atoms. The van der Waals surface area contributed by atoms with E-state index in [1.807, 2.05) is 0 Å². The van der Waals surface area contributed by atoms with Gasteiger partial charge in [-0.05, 0) is 39.7 Å². The quantitative estimate of drug-likeness (QED) is 0.853. The van der Waals surface area contributed by atoms with Crippen molar-refractivity contribution in [2.45, 2.75) is 0 Å². The Kier molecular flexibility index (Phi) is 4.51. The number of halogens is 3. The van der Waals surface area contributed by atoms with E-state index in [9.17, 15) is 9.18 Å². The van der Waals surface area contributed by atoms with Crippen LogP contribution in [0.4, 0.5) is 10.2 Å². The summed E-state index contributed by atoms with van der Waals surface area (Å²) < 4.78 is 19.1. The van der Waals surface area contributed by atoms with Crippen molar-refractivity contribution in [3.63, 3.8) is 0 Å². The summed E-state index contributed by atoms with van der Waals surface area (Å²) in [5.41, 5.74) is -0.211. The summed E-state index contributed by atoms with van der Waals surface area (Å²) in [5, 5.41) is 2.40. The van der Waals surface area contributed by atoms with Crippen LogP contribution in [0, 0.1) is 5.82 Å². The van der Waals surface area contributed by atoms with E-state index in [1.165, 1.54) is 31.5 Å². The number of carbonyl (C=O) groups is 1. The summed E-state index contributed by atoms with van der Waals surface area (Å²) >= 11 is 8.81. The molecule has 0 saturated heterocycles. The maximum Gasteiger partial charge on any atom is 0.263 e. The lowest BCUT2D eigenvalue weighted by atomic mass is 10.1. The van der Waals surface area contributed by atoms with E-state index in [-0.39, 0.29) is 22.4 Å². The number of methoxy groups -OCH3 is 1. The largest absolute Gasteiger partial charge is 0.496 e. The van der Waals surface area contributed by atoms with Gasteiger partial charge in [-0.2, -0.15) is 4.98 Å². The number of amides is 1. The average molecular weight is 361 g/mol. The summed E-state index contributed by atoms with van der Waals surface area (Å²) in [5.74, 6) is -1.13. The molecule has 0 bridgehead atoms. The van der Waals surface area contributed by atoms with E-state index in [0.29, 0.717) is 4.47 Å². The minimum Gasteiger partial charge on any atom is -0.496 e. The first kappa shape index (κ1) is 14.7. The van der Waals surface area contributed by atoms with Crippen LogP contribution in [0.3, 0.4) is 0 Å². The fraction of sp³-hybridized carbons (Fsp3) is 0.0833. The van der Waals surface area contributed by atoms with Crippen LogP contribution in [-0.2, 0) is 0 Å². The molecule has 8 heteroatoms. The van der Waals surface area contributed by atoms with Crippen LogP contribution in [0.2, 0.25) is 5.28 Å². The molecule has 1 N–H and O–H groups in total. The molecular formula is C12H8BrClFN3O2. The van der Waals surface area contributed by atoms with Crippen LogP contribution < -0.4 is 10.1 Å². The molecule has 0 aliphatic heterocycles. The normalized spacial score (nSPS) is 10.2. The number of nitrogens with zero attached hydrogens (tertiary/aromatic N) is 2. The highest BCUT2D eigenvalue weighted by atomic mass is 79.9. The molecule has 0 spiro atoms. The van der Waals surface area contributed by atoms with Crippen molar-refractivity contribution in [1.82, 2.24) is 9.97 Å². The Balaban J connectivity index is 2.36. The van der Waals surface area contributed by atoms with Crippen LogP contribution in [0.5, 0.6) is 5.75 Å². The van der Waals surface area contributed by atoms with Gasteiger partial charge in [-0.3, -0.25) is 4.79 Å². The van der Waals surface area contributed by atoms with Gasteiger partial charge in [0, 0.05) is 6.20 Å². The van der Waals surface area contributed by atoms with Crippen LogP contribution in [0.15, 0.2) is 28.9 Å². The summed E-state index contributed by atoms with van der Waals surface area (Å²) in [6, 6.07) is 4.10. The van der Waals surface area contributed by atoms with Gasteiger partial charge in [-0.25, -0.2) is 9.37 Å². The summed E-state index contributed by atoms with van der Waals surface area (Å²) in [6.45, 7) is 0. The van der Waals surface area contributed by atoms with E-state index in [4.69, 9.17) is 16.3 Å². The Morgan fingerprint density at radius 3 is 2.95 bits per heavy atom. The second-order valence-corrected chi connectivity index (χ2v) is 4.80. The number of carbonyl (C=O) groups excluding carboxylic acids is 1. The number of aromatic nitrogens is 2. The number of nitrogens with one attached hydrogen (secondary N) is 1. The maximum atomic E-state index is 13.8. The first-order chi connectivity index (χ1) is 9.52. The van der Waals surface area contributed by atoms with Crippen molar-refractivity contribution in [3.05, 3.63) is 45.5 Å². The highest BCUT2D eigenvalue weighted by molar-refractivity contribution is 9.10. The molecule has 0 atom stereocenters. The zero-order chi connectivity index (χ0) is 14.7. The van der Waals surface area contributed by atoms with Crippen LogP contribution >= 0.6 is 27.5 Å². The van der Waals surface area contributed by atoms with Gasteiger partial charge in [0.1, 0.15) is 17.1 Å². The maximum absolute atomic E-state index is 13.8. The zero-order valence-corrected chi connectivity index (χ0v) is 12.5. The topological polar surface area (TPSA) is 64.1 Å². The number of anilines is 1. The van der Waals surface area contributed by atoms with Gasteiger partial charge in [0.15, 0.2) is 5.82 Å². The van der Waals surface area contributed by atoms with Crippen molar-refractivity contribution in [1.29, 1.82) is 0 Å². The third kappa shape index (κ3) is 3.05. The molecule has 0 unspecified atom stereocenters. The molecule has 0 aliphatic carbocycles. The summed E-state index contributed by atoms with van der Waals surface area (Å²) in [7, 11) is 1.35. The van der Waals surface area contributed by atoms with Crippen molar-refractivity contribution in [3.8, 4) is 5.75 Å². The summed E-state index contributed by atoms with van der Waals surface area (Å²) in [6.07, 6.45) is 1.38. The molecule has 1 aromatic carbocycles. The Bertz CT molecular complexity index is 669. The first-order valence-corrected chi connectivity index (χ1v) is 6.52. The fourth-order valence-electron chi connectivity index (χ4n) is 1.50. The second-order valence-electron chi connectivity index (χ2n) is 3.61. The molecule has 0 fully saturated rings. The van der Waals surface area contributed by atoms with Crippen LogP contribution in [0.25, 0.3) is 0 Å². The number of benzene rings is 1. The van der Waals surface area contributed by atoms with Gasteiger partial charge >= 0.3 is 0 Å². The third-order valence-electron chi connectivity index (χ3n) is 2.37. The van der Waals surface area contributed by atoms with Gasteiger partial charge in [0.25, 0.3) is 5.91 Å². The van der Waals surface area contributed by atoms with Gasteiger partial charge in [-0.15, -0.1) is 0 Å². The predicted molar refractivity (Wildman–Crippen MR) is 75.6 cm³/mol. The van der Waals surface area contributed by atoms with Crippen molar-refractivity contribution in [2.75, 3.05) is 12.4 Å². The molecule has 2 rings (SSSR count). The van der Waals surface area contributed by atoms with E-state index in [0.717, 1.165) is 0 Å². The first-order valence-electron chi connectivity index (χ1n) is 5.35. The number of ether oxygens (including phenoxy) is 1. The van der Waals surface area contributed by atoms with E-state index >= 15 is 0 Å². The van der Waals surface area contributed by atoms with Crippen molar-refractivity contribution in [2.24, 2.45) is 0 Å². The monoisotopic (exact) mass is 359 g/mol. The van der Waals surface area contributed by atoms with Gasteiger partial charge < -0.3 is 10.1 Å². The van der Waals surface area contributed by atoms with Gasteiger partial charge in [0.05, 0.1) is 11.6 Å². The van der Waals surface area contributed by atoms with E-state index in [2.05, 4.69) is 31.2 Å². The Labute approximate surface area is 127 Å². The van der Waals surface area contributed by atoms with Crippen LogP contribution in [-0.4, -0.2) is 23.0 Å². The minimum absolute atomic E-state index is 0.0380. The highest BCUT2D eigenvalue weighted by Gasteiger charge is 2.19. The Morgan fingerprint density at radius 2 is 2.25 bits per heavy atom. The highest BCUT2D eigenvalue weighted by Crippen LogP contribution is 2.25. The molecular weight excluding hydrogens is 353 g/mol. The number of hydrogen-bond donors (Lipinski definition) is 1. The summed E-state index contributed by atoms with van der Waals surface area (Å²) in [4.78, 5) is 19.7. The van der Waals surface area contributed by atoms with Crippen LogP contribution in [0.1, 0.15) is 10.4 Å².